The number of hydrogen-bond acceptors (Lipinski definition) is 5. The first-order valence-electron chi connectivity index (χ1n) is 5.58. The number of nitrogens with two attached hydrogens (primary N) is 1. The summed E-state index contributed by atoms with van der Waals surface area (Å²) < 4.78 is 42.5. The van der Waals surface area contributed by atoms with Gasteiger partial charge in [0.15, 0.2) is 0 Å². The molecule has 0 aromatic heterocycles. The van der Waals surface area contributed by atoms with Crippen molar-refractivity contribution in [3.63, 3.8) is 0 Å². The minimum atomic E-state index is -3.62. The van der Waals surface area contributed by atoms with Gasteiger partial charge in [-0.1, -0.05) is 0 Å². The lowest BCUT2D eigenvalue weighted by Gasteiger charge is -2.14. The number of carbonyl (C=O) groups is 1. The van der Waals surface area contributed by atoms with Crippen LogP contribution in [0.2, 0.25) is 0 Å². The molecule has 0 aliphatic heterocycles. The Balaban J connectivity index is 0.00000400. The van der Waals surface area contributed by atoms with Crippen LogP contribution in [-0.4, -0.2) is 40.3 Å². The number of hydrogen-bond donors (Lipinski definition) is 3. The Labute approximate surface area is 128 Å². The third kappa shape index (κ3) is 6.25. The fourth-order valence-electron chi connectivity index (χ4n) is 1.41. The zero-order valence-corrected chi connectivity index (χ0v) is 13.1. The van der Waals surface area contributed by atoms with Gasteiger partial charge in [0.25, 0.3) is 5.91 Å². The number of amides is 1. The summed E-state index contributed by atoms with van der Waals surface area (Å²) in [5.74, 6) is -1.26. The van der Waals surface area contributed by atoms with E-state index in [0.29, 0.717) is 0 Å². The summed E-state index contributed by atoms with van der Waals surface area (Å²) in [6.45, 7) is -0.0159. The van der Waals surface area contributed by atoms with E-state index < -0.39 is 27.9 Å². The summed E-state index contributed by atoms with van der Waals surface area (Å²) >= 11 is 0. The van der Waals surface area contributed by atoms with Crippen LogP contribution in [0, 0.1) is 5.82 Å². The fourth-order valence-corrected chi connectivity index (χ4v) is 1.97. The molecule has 0 radical (unpaired) electrons. The summed E-state index contributed by atoms with van der Waals surface area (Å²) in [6.07, 6.45) is 0.0546. The van der Waals surface area contributed by atoms with Crippen molar-refractivity contribution in [3.05, 3.63) is 24.0 Å². The number of methoxy groups -OCH3 is 1. The topological polar surface area (TPSA) is 111 Å². The molecule has 1 atom stereocenters. The molecule has 0 aliphatic rings. The highest BCUT2D eigenvalue weighted by atomic mass is 35.5. The minimum Gasteiger partial charge on any atom is -0.370 e. The van der Waals surface area contributed by atoms with Crippen LogP contribution in [-0.2, 0) is 19.6 Å². The molecule has 1 amide bonds. The third-order valence-electron chi connectivity index (χ3n) is 2.32. The Hall–Kier alpha value is -1.42. The number of rotatable bonds is 6. The lowest BCUT2D eigenvalue weighted by atomic mass is 10.2. The van der Waals surface area contributed by atoms with Crippen molar-refractivity contribution in [2.45, 2.75) is 6.10 Å². The van der Waals surface area contributed by atoms with Crippen LogP contribution in [0.25, 0.3) is 0 Å². The van der Waals surface area contributed by atoms with Gasteiger partial charge in [0.1, 0.15) is 11.9 Å². The van der Waals surface area contributed by atoms with Crippen molar-refractivity contribution in [2.24, 2.45) is 5.73 Å². The fraction of sp³-hybridized carbons (Fsp3) is 0.364. The number of halogens is 2. The summed E-state index contributed by atoms with van der Waals surface area (Å²) in [5.41, 5.74) is 5.30. The second kappa shape index (κ2) is 8.13. The average Bonchev–Trinajstić information content (AvgIpc) is 2.33. The van der Waals surface area contributed by atoms with E-state index in [2.05, 4.69) is 5.32 Å². The van der Waals surface area contributed by atoms with Gasteiger partial charge in [0, 0.05) is 19.3 Å². The number of anilines is 2. The predicted octanol–water partition coefficient (Wildman–Crippen LogP) is 0.531. The maximum atomic E-state index is 13.4. The molecule has 21 heavy (non-hydrogen) atoms. The molecule has 0 saturated heterocycles. The zero-order valence-electron chi connectivity index (χ0n) is 11.4. The van der Waals surface area contributed by atoms with E-state index in [9.17, 15) is 17.6 Å². The second-order valence-corrected chi connectivity index (χ2v) is 5.77. The van der Waals surface area contributed by atoms with Gasteiger partial charge in [0.2, 0.25) is 10.0 Å². The van der Waals surface area contributed by atoms with Crippen LogP contribution in [0.5, 0.6) is 0 Å². The molecule has 1 unspecified atom stereocenters. The Morgan fingerprint density at radius 2 is 2.10 bits per heavy atom. The van der Waals surface area contributed by atoms with Crippen LogP contribution >= 0.6 is 12.4 Å². The number of carbonyl (C=O) groups excluding carboxylic acids is 1. The Morgan fingerprint density at radius 3 is 2.57 bits per heavy atom. The standard InChI is InChI=1S/C11H16FN3O4S.ClH/c1-19-10(6-13)11(16)14-7-3-4-8(12)9(5-7)15-20(2,17)18;/h3-5,10,15H,6,13H2,1-2H3,(H,14,16);1H. The van der Waals surface area contributed by atoms with Crippen LogP contribution in [0.3, 0.4) is 0 Å². The van der Waals surface area contributed by atoms with Gasteiger partial charge in [-0.3, -0.25) is 9.52 Å². The van der Waals surface area contributed by atoms with E-state index >= 15 is 0 Å². The highest BCUT2D eigenvalue weighted by molar-refractivity contribution is 7.92. The summed E-state index contributed by atoms with van der Waals surface area (Å²) in [7, 11) is -2.29. The lowest BCUT2D eigenvalue weighted by molar-refractivity contribution is -0.125. The monoisotopic (exact) mass is 341 g/mol. The maximum Gasteiger partial charge on any atom is 0.254 e. The van der Waals surface area contributed by atoms with E-state index in [4.69, 9.17) is 10.5 Å². The first-order chi connectivity index (χ1) is 9.26. The van der Waals surface area contributed by atoms with Crippen molar-refractivity contribution >= 4 is 39.7 Å². The van der Waals surface area contributed by atoms with Gasteiger partial charge in [-0.25, -0.2) is 12.8 Å². The number of benzene rings is 1. The largest absolute Gasteiger partial charge is 0.370 e. The van der Waals surface area contributed by atoms with Gasteiger partial charge >= 0.3 is 0 Å². The highest BCUT2D eigenvalue weighted by Gasteiger charge is 2.16. The SMILES string of the molecule is COC(CN)C(=O)Nc1ccc(F)c(NS(C)(=O)=O)c1.Cl. The third-order valence-corrected chi connectivity index (χ3v) is 2.91. The van der Waals surface area contributed by atoms with E-state index in [1.165, 1.54) is 13.2 Å². The van der Waals surface area contributed by atoms with Crippen molar-refractivity contribution in [1.82, 2.24) is 0 Å². The first kappa shape index (κ1) is 19.6. The molecule has 10 heteroatoms. The van der Waals surface area contributed by atoms with E-state index in [-0.39, 0.29) is 30.3 Å². The van der Waals surface area contributed by atoms with Gasteiger partial charge in [-0.05, 0) is 18.2 Å². The number of ether oxygens (including phenoxy) is 1. The Kier molecular flexibility index (Phi) is 7.58. The molecule has 1 rings (SSSR count). The van der Waals surface area contributed by atoms with E-state index in [1.807, 2.05) is 4.72 Å². The van der Waals surface area contributed by atoms with E-state index in [1.54, 1.807) is 0 Å². The molecule has 0 bridgehead atoms. The second-order valence-electron chi connectivity index (χ2n) is 4.02. The first-order valence-corrected chi connectivity index (χ1v) is 7.47. The maximum absolute atomic E-state index is 13.4. The van der Waals surface area contributed by atoms with Gasteiger partial charge in [-0.2, -0.15) is 0 Å². The molecule has 7 nitrogen and oxygen atoms in total. The van der Waals surface area contributed by atoms with Gasteiger partial charge in [-0.15, -0.1) is 12.4 Å². The molecule has 4 N–H and O–H groups in total. The molecular formula is C11H17ClFN3O4S. The number of nitrogens with one attached hydrogen (secondary N) is 2. The lowest BCUT2D eigenvalue weighted by Crippen LogP contribution is -2.35. The van der Waals surface area contributed by atoms with Crippen LogP contribution in [0.4, 0.5) is 15.8 Å². The van der Waals surface area contributed by atoms with E-state index in [0.717, 1.165) is 18.4 Å². The van der Waals surface area contributed by atoms with Crippen LogP contribution < -0.4 is 15.8 Å². The predicted molar refractivity (Wildman–Crippen MR) is 80.6 cm³/mol. The normalized spacial score (nSPS) is 12.2. The quantitative estimate of drug-likeness (QED) is 0.699. The van der Waals surface area contributed by atoms with Crippen molar-refractivity contribution in [3.8, 4) is 0 Å². The molecule has 1 aromatic rings. The van der Waals surface area contributed by atoms with Crippen molar-refractivity contribution < 1.29 is 22.3 Å². The molecule has 0 saturated carbocycles. The Morgan fingerprint density at radius 1 is 1.48 bits per heavy atom. The molecule has 0 heterocycles. The average molecular weight is 342 g/mol. The summed E-state index contributed by atoms with van der Waals surface area (Å²) in [6, 6.07) is 3.49. The molecule has 120 valence electrons. The number of sulfonamides is 1. The molecule has 0 spiro atoms. The summed E-state index contributed by atoms with van der Waals surface area (Å²) in [5, 5.41) is 2.45. The zero-order chi connectivity index (χ0) is 15.3. The van der Waals surface area contributed by atoms with Crippen LogP contribution in [0.1, 0.15) is 0 Å². The minimum absolute atomic E-state index is 0. The molecule has 0 fully saturated rings. The van der Waals surface area contributed by atoms with Gasteiger partial charge < -0.3 is 15.8 Å². The van der Waals surface area contributed by atoms with Crippen molar-refractivity contribution in [2.75, 3.05) is 29.9 Å². The van der Waals surface area contributed by atoms with Crippen molar-refractivity contribution in [1.29, 1.82) is 0 Å². The molecule has 0 aliphatic carbocycles. The Bertz CT molecular complexity index is 593. The van der Waals surface area contributed by atoms with Gasteiger partial charge in [0.05, 0.1) is 11.9 Å². The molecule has 1 aromatic carbocycles. The summed E-state index contributed by atoms with van der Waals surface area (Å²) in [4.78, 5) is 11.7. The highest BCUT2D eigenvalue weighted by Crippen LogP contribution is 2.20. The smallest absolute Gasteiger partial charge is 0.254 e. The van der Waals surface area contributed by atoms with Crippen LogP contribution in [0.15, 0.2) is 18.2 Å². The molecular weight excluding hydrogens is 325 g/mol.